The van der Waals surface area contributed by atoms with Gasteiger partial charge in [-0.1, -0.05) is 0 Å². The maximum absolute atomic E-state index is 12.9. The van der Waals surface area contributed by atoms with Crippen LogP contribution in [0.25, 0.3) is 0 Å². The molecule has 104 valence electrons. The number of rotatable bonds is 4. The molecule has 0 bridgehead atoms. The number of alkyl halides is 2. The number of carbonyl (C=O) groups excluding carboxylic acids is 1. The summed E-state index contributed by atoms with van der Waals surface area (Å²) in [5.41, 5.74) is 0. The van der Waals surface area contributed by atoms with Crippen LogP contribution in [0.5, 0.6) is 5.75 Å². The Labute approximate surface area is 147 Å². The zero-order valence-corrected chi connectivity index (χ0v) is 15.4. The molecule has 0 unspecified atom stereocenters. The fourth-order valence-corrected chi connectivity index (χ4v) is 4.84. The lowest BCUT2D eigenvalue weighted by molar-refractivity contribution is -0.170. The van der Waals surface area contributed by atoms with Crippen molar-refractivity contribution in [2.24, 2.45) is 0 Å². The monoisotopic (exact) mass is 608 g/mol. The Bertz CT molecular complexity index is 511. The second-order valence-electron chi connectivity index (χ2n) is 3.36. The standard InChI is InChI=1S/C10H5F2I3O4/c11-10(12,9(17)18)3-7(16)19-8-5(14)1-4(13)2-6(8)15/h1-2H,3H2,(H,17,18). The summed E-state index contributed by atoms with van der Waals surface area (Å²) in [6.07, 6.45) is -1.50. The van der Waals surface area contributed by atoms with E-state index in [1.54, 1.807) is 12.1 Å². The Morgan fingerprint density at radius 2 is 1.68 bits per heavy atom. The van der Waals surface area contributed by atoms with Gasteiger partial charge in [0.2, 0.25) is 0 Å². The molecule has 0 aliphatic rings. The number of carbonyl (C=O) groups is 2. The summed E-state index contributed by atoms with van der Waals surface area (Å²) in [7, 11) is 0. The van der Waals surface area contributed by atoms with Gasteiger partial charge in [-0.2, -0.15) is 8.78 Å². The highest BCUT2D eigenvalue weighted by Crippen LogP contribution is 2.30. The van der Waals surface area contributed by atoms with Gasteiger partial charge in [0.05, 0.1) is 7.14 Å². The zero-order valence-electron chi connectivity index (χ0n) is 8.92. The van der Waals surface area contributed by atoms with Crippen molar-refractivity contribution in [3.63, 3.8) is 0 Å². The highest BCUT2D eigenvalue weighted by Gasteiger charge is 2.42. The number of benzene rings is 1. The molecule has 1 rings (SSSR count). The molecule has 9 heteroatoms. The second kappa shape index (κ2) is 6.78. The minimum Gasteiger partial charge on any atom is -0.477 e. The van der Waals surface area contributed by atoms with Crippen LogP contribution in [0.2, 0.25) is 0 Å². The molecule has 0 heterocycles. The quantitative estimate of drug-likeness (QED) is 0.323. The molecule has 0 amide bonds. The minimum atomic E-state index is -4.13. The lowest BCUT2D eigenvalue weighted by atomic mass is 10.2. The average molecular weight is 608 g/mol. The van der Waals surface area contributed by atoms with Gasteiger partial charge < -0.3 is 9.84 Å². The summed E-state index contributed by atoms with van der Waals surface area (Å²) in [6.45, 7) is 0. The number of aliphatic carboxylic acids is 1. The molecule has 19 heavy (non-hydrogen) atoms. The third-order valence-corrected chi connectivity index (χ3v) is 4.08. The van der Waals surface area contributed by atoms with Crippen molar-refractivity contribution in [3.8, 4) is 5.75 Å². The van der Waals surface area contributed by atoms with E-state index in [9.17, 15) is 18.4 Å². The molecule has 1 N–H and O–H groups in total. The molecular weight excluding hydrogens is 603 g/mol. The van der Waals surface area contributed by atoms with Gasteiger partial charge in [0, 0.05) is 3.57 Å². The molecule has 0 atom stereocenters. The maximum atomic E-state index is 12.9. The summed E-state index contributed by atoms with van der Waals surface area (Å²) >= 11 is 5.87. The van der Waals surface area contributed by atoms with Crippen molar-refractivity contribution in [1.82, 2.24) is 0 Å². The van der Waals surface area contributed by atoms with Crippen molar-refractivity contribution in [2.75, 3.05) is 0 Å². The van der Waals surface area contributed by atoms with Gasteiger partial charge in [-0.05, 0) is 79.9 Å². The van der Waals surface area contributed by atoms with Crippen LogP contribution in [-0.2, 0) is 9.59 Å². The molecule has 1 aromatic carbocycles. The molecule has 0 aromatic heterocycles. The van der Waals surface area contributed by atoms with Crippen LogP contribution in [-0.4, -0.2) is 23.0 Å². The van der Waals surface area contributed by atoms with Crippen LogP contribution in [0.15, 0.2) is 12.1 Å². The Morgan fingerprint density at radius 1 is 1.21 bits per heavy atom. The van der Waals surface area contributed by atoms with Gasteiger partial charge in [-0.15, -0.1) is 0 Å². The van der Waals surface area contributed by atoms with E-state index >= 15 is 0 Å². The first-order valence-electron chi connectivity index (χ1n) is 4.60. The lowest BCUT2D eigenvalue weighted by Gasteiger charge is -2.12. The van der Waals surface area contributed by atoms with Crippen LogP contribution in [0.3, 0.4) is 0 Å². The number of esters is 1. The summed E-state index contributed by atoms with van der Waals surface area (Å²) < 4.78 is 32.6. The first-order valence-corrected chi connectivity index (χ1v) is 7.83. The largest absolute Gasteiger partial charge is 0.477 e. The minimum absolute atomic E-state index is 0.160. The predicted molar refractivity (Wildman–Crippen MR) is 87.4 cm³/mol. The van der Waals surface area contributed by atoms with E-state index in [-0.39, 0.29) is 5.75 Å². The zero-order chi connectivity index (χ0) is 14.8. The summed E-state index contributed by atoms with van der Waals surface area (Å²) in [6, 6.07) is 3.42. The molecule has 0 saturated heterocycles. The lowest BCUT2D eigenvalue weighted by Crippen LogP contribution is -2.32. The van der Waals surface area contributed by atoms with Crippen molar-refractivity contribution >= 4 is 79.7 Å². The van der Waals surface area contributed by atoms with Crippen LogP contribution in [0.1, 0.15) is 6.42 Å². The van der Waals surface area contributed by atoms with Crippen molar-refractivity contribution in [1.29, 1.82) is 0 Å². The average Bonchev–Trinajstić information content (AvgIpc) is 2.22. The van der Waals surface area contributed by atoms with Crippen molar-refractivity contribution < 1.29 is 28.2 Å². The summed E-state index contributed by atoms with van der Waals surface area (Å²) in [5.74, 6) is -7.61. The molecule has 0 saturated carbocycles. The van der Waals surface area contributed by atoms with Crippen molar-refractivity contribution in [3.05, 3.63) is 22.8 Å². The van der Waals surface area contributed by atoms with E-state index in [2.05, 4.69) is 22.6 Å². The molecule has 1 aromatic rings. The van der Waals surface area contributed by atoms with E-state index in [1.807, 2.05) is 45.2 Å². The normalized spacial score (nSPS) is 11.2. The molecule has 0 radical (unpaired) electrons. The van der Waals surface area contributed by atoms with E-state index < -0.39 is 24.3 Å². The highest BCUT2D eigenvalue weighted by molar-refractivity contribution is 14.1. The number of carboxylic acid groups (broad SMARTS) is 1. The van der Waals surface area contributed by atoms with Gasteiger partial charge in [0.1, 0.15) is 6.42 Å². The fourth-order valence-electron chi connectivity index (χ4n) is 1.03. The van der Waals surface area contributed by atoms with E-state index in [0.717, 1.165) is 3.57 Å². The number of hydrogen-bond donors (Lipinski definition) is 1. The highest BCUT2D eigenvalue weighted by atomic mass is 127. The summed E-state index contributed by atoms with van der Waals surface area (Å²) in [5, 5.41) is 8.24. The van der Waals surface area contributed by atoms with Gasteiger partial charge in [0.25, 0.3) is 0 Å². The summed E-state index contributed by atoms with van der Waals surface area (Å²) in [4.78, 5) is 21.6. The van der Waals surface area contributed by atoms with Gasteiger partial charge in [-0.25, -0.2) is 4.79 Å². The molecule has 4 nitrogen and oxygen atoms in total. The Hall–Kier alpha value is 0.210. The molecule has 0 aliphatic heterocycles. The Balaban J connectivity index is 2.87. The van der Waals surface area contributed by atoms with E-state index in [0.29, 0.717) is 7.14 Å². The fraction of sp³-hybridized carbons (Fsp3) is 0.200. The Morgan fingerprint density at radius 3 is 2.11 bits per heavy atom. The van der Waals surface area contributed by atoms with Gasteiger partial charge in [0.15, 0.2) is 5.75 Å². The van der Waals surface area contributed by atoms with Crippen LogP contribution < -0.4 is 4.74 Å². The number of ether oxygens (including phenoxy) is 1. The molecular formula is C10H5F2I3O4. The number of halogens is 5. The topological polar surface area (TPSA) is 63.6 Å². The van der Waals surface area contributed by atoms with Gasteiger partial charge >= 0.3 is 17.9 Å². The third kappa shape index (κ3) is 4.91. The number of carboxylic acids is 1. The first-order chi connectivity index (χ1) is 8.63. The van der Waals surface area contributed by atoms with Crippen molar-refractivity contribution in [2.45, 2.75) is 12.3 Å². The number of hydrogen-bond acceptors (Lipinski definition) is 3. The van der Waals surface area contributed by atoms with Crippen LogP contribution in [0.4, 0.5) is 8.78 Å². The van der Waals surface area contributed by atoms with Crippen LogP contribution in [0, 0.1) is 10.7 Å². The second-order valence-corrected chi connectivity index (χ2v) is 6.93. The predicted octanol–water partition coefficient (Wildman–Crippen LogP) is 3.52. The maximum Gasteiger partial charge on any atom is 0.375 e. The van der Waals surface area contributed by atoms with Crippen LogP contribution >= 0.6 is 67.8 Å². The molecule has 0 spiro atoms. The Kier molecular flexibility index (Phi) is 6.16. The first kappa shape index (κ1) is 17.3. The molecule has 0 fully saturated rings. The third-order valence-electron chi connectivity index (χ3n) is 1.86. The molecule has 0 aliphatic carbocycles. The smallest absolute Gasteiger partial charge is 0.375 e. The van der Waals surface area contributed by atoms with E-state index in [1.165, 1.54) is 0 Å². The SMILES string of the molecule is O=C(CC(F)(F)C(=O)O)Oc1c(I)cc(I)cc1I. The van der Waals surface area contributed by atoms with Gasteiger partial charge in [-0.3, -0.25) is 4.79 Å². The van der Waals surface area contributed by atoms with E-state index in [4.69, 9.17) is 9.84 Å².